The highest BCUT2D eigenvalue weighted by Gasteiger charge is 2.33. The van der Waals surface area contributed by atoms with Gasteiger partial charge in [-0.05, 0) is 62.2 Å². The first-order valence-electron chi connectivity index (χ1n) is 12.3. The van der Waals surface area contributed by atoms with E-state index in [4.69, 9.17) is 23.2 Å². The van der Waals surface area contributed by atoms with E-state index < -0.39 is 28.5 Å². The van der Waals surface area contributed by atoms with Gasteiger partial charge in [-0.3, -0.25) is 13.9 Å². The summed E-state index contributed by atoms with van der Waals surface area (Å²) in [5, 5.41) is 3.04. The second kappa shape index (κ2) is 13.7. The minimum Gasteiger partial charge on any atom is -0.352 e. The largest absolute Gasteiger partial charge is 0.352 e. The van der Waals surface area contributed by atoms with Crippen molar-refractivity contribution in [2.75, 3.05) is 10.8 Å². The van der Waals surface area contributed by atoms with Gasteiger partial charge < -0.3 is 10.2 Å². The molecule has 3 rings (SSSR count). The second-order valence-corrected chi connectivity index (χ2v) is 12.6. The zero-order valence-electron chi connectivity index (χ0n) is 21.8. The molecule has 11 heteroatoms. The summed E-state index contributed by atoms with van der Waals surface area (Å²) in [5.41, 5.74) is 0.819. The first-order chi connectivity index (χ1) is 18.4. The number of anilines is 1. The monoisotopic (exact) mass is 653 g/mol. The quantitative estimate of drug-likeness (QED) is 0.264. The maximum atomic E-state index is 13.9. The number of hydrogen-bond acceptors (Lipinski definition) is 4. The molecule has 0 aliphatic rings. The number of carbonyl (C=O) groups is 2. The fourth-order valence-corrected chi connectivity index (χ4v) is 6.14. The van der Waals surface area contributed by atoms with Crippen LogP contribution in [0.5, 0.6) is 0 Å². The third-order valence-corrected chi connectivity index (χ3v) is 9.30. The van der Waals surface area contributed by atoms with Crippen LogP contribution in [0.15, 0.2) is 82.2 Å². The summed E-state index contributed by atoms with van der Waals surface area (Å²) in [4.78, 5) is 28.4. The smallest absolute Gasteiger partial charge is 0.264 e. The highest BCUT2D eigenvalue weighted by molar-refractivity contribution is 9.10. The fraction of sp³-hybridized carbons (Fsp3) is 0.286. The van der Waals surface area contributed by atoms with E-state index in [1.54, 1.807) is 31.2 Å². The van der Waals surface area contributed by atoms with Gasteiger partial charge in [-0.2, -0.15) is 0 Å². The van der Waals surface area contributed by atoms with Crippen molar-refractivity contribution in [1.29, 1.82) is 0 Å². The molecule has 3 aromatic rings. The van der Waals surface area contributed by atoms with Crippen molar-refractivity contribution in [3.05, 3.63) is 92.9 Å². The van der Waals surface area contributed by atoms with Crippen molar-refractivity contribution in [3.8, 4) is 0 Å². The van der Waals surface area contributed by atoms with Crippen molar-refractivity contribution in [2.45, 2.75) is 50.7 Å². The summed E-state index contributed by atoms with van der Waals surface area (Å²) in [6, 6.07) is 18.7. The Morgan fingerprint density at radius 1 is 0.974 bits per heavy atom. The summed E-state index contributed by atoms with van der Waals surface area (Å²) in [5.74, 6) is -0.928. The molecular formula is C28H30BrCl2N3O4S. The normalized spacial score (nSPS) is 12.9. The van der Waals surface area contributed by atoms with Crippen LogP contribution in [0.4, 0.5) is 5.69 Å². The molecular weight excluding hydrogens is 625 g/mol. The molecule has 3 aromatic carbocycles. The van der Waals surface area contributed by atoms with Crippen LogP contribution in [0, 0.1) is 0 Å². The highest BCUT2D eigenvalue weighted by atomic mass is 79.9. The van der Waals surface area contributed by atoms with E-state index in [0.717, 1.165) is 14.3 Å². The molecule has 1 N–H and O–H groups in total. The predicted molar refractivity (Wildman–Crippen MR) is 159 cm³/mol. The lowest BCUT2D eigenvalue weighted by atomic mass is 10.1. The lowest BCUT2D eigenvalue weighted by Crippen LogP contribution is -2.52. The van der Waals surface area contributed by atoms with Crippen LogP contribution in [0.3, 0.4) is 0 Å². The molecule has 0 unspecified atom stereocenters. The van der Waals surface area contributed by atoms with Crippen molar-refractivity contribution >= 4 is 66.7 Å². The van der Waals surface area contributed by atoms with Gasteiger partial charge in [0.2, 0.25) is 11.8 Å². The van der Waals surface area contributed by atoms with Gasteiger partial charge in [-0.1, -0.05) is 82.5 Å². The van der Waals surface area contributed by atoms with Crippen LogP contribution < -0.4 is 9.62 Å². The lowest BCUT2D eigenvalue weighted by molar-refractivity contribution is -0.139. The Kier molecular flexibility index (Phi) is 10.8. The molecule has 208 valence electrons. The Hall–Kier alpha value is -2.59. The molecule has 2 atom stereocenters. The SMILES string of the molecule is CC[C@H](C)NC(=O)[C@H](C)N(Cc1cccc(Br)c1)C(=O)CN(c1cccc(Cl)c1Cl)S(=O)(=O)c1ccccc1. The maximum Gasteiger partial charge on any atom is 0.264 e. The van der Waals surface area contributed by atoms with E-state index in [1.165, 1.54) is 29.2 Å². The zero-order valence-corrected chi connectivity index (χ0v) is 25.7. The van der Waals surface area contributed by atoms with Gasteiger partial charge in [0.1, 0.15) is 12.6 Å². The third kappa shape index (κ3) is 7.75. The van der Waals surface area contributed by atoms with E-state index in [1.807, 2.05) is 38.1 Å². The molecule has 0 aromatic heterocycles. The molecule has 0 heterocycles. The predicted octanol–water partition coefficient (Wildman–Crippen LogP) is 6.28. The number of carbonyl (C=O) groups excluding carboxylic acids is 2. The van der Waals surface area contributed by atoms with Crippen LogP contribution in [-0.2, 0) is 26.2 Å². The van der Waals surface area contributed by atoms with Gasteiger partial charge in [0.15, 0.2) is 0 Å². The topological polar surface area (TPSA) is 86.8 Å². The summed E-state index contributed by atoms with van der Waals surface area (Å²) < 4.78 is 29.4. The number of sulfonamides is 1. The first kappa shape index (κ1) is 30.9. The molecule has 39 heavy (non-hydrogen) atoms. The van der Waals surface area contributed by atoms with E-state index in [9.17, 15) is 18.0 Å². The number of benzene rings is 3. The maximum absolute atomic E-state index is 13.9. The number of amides is 2. The summed E-state index contributed by atoms with van der Waals surface area (Å²) in [7, 11) is -4.24. The third-order valence-electron chi connectivity index (χ3n) is 6.22. The van der Waals surface area contributed by atoms with Crippen molar-refractivity contribution in [1.82, 2.24) is 10.2 Å². The van der Waals surface area contributed by atoms with Crippen molar-refractivity contribution < 1.29 is 18.0 Å². The Balaban J connectivity index is 2.06. The van der Waals surface area contributed by atoms with Crippen molar-refractivity contribution in [3.63, 3.8) is 0 Å². The lowest BCUT2D eigenvalue weighted by Gasteiger charge is -2.32. The summed E-state index contributed by atoms with van der Waals surface area (Å²) >= 11 is 16.1. The molecule has 0 saturated carbocycles. The van der Waals surface area contributed by atoms with Gasteiger partial charge in [0.05, 0.1) is 20.6 Å². The molecule has 2 amide bonds. The molecule has 0 spiro atoms. The van der Waals surface area contributed by atoms with Gasteiger partial charge in [-0.25, -0.2) is 8.42 Å². The van der Waals surface area contributed by atoms with Crippen LogP contribution in [0.1, 0.15) is 32.8 Å². The minimum absolute atomic E-state index is 0.00688. The number of nitrogens with one attached hydrogen (secondary N) is 1. The standard InChI is InChI=1S/C28H30BrCl2N3O4S/c1-4-19(2)32-28(36)20(3)33(17-21-10-8-11-22(29)16-21)26(35)18-34(25-15-9-14-24(30)27(25)31)39(37,38)23-12-6-5-7-13-23/h5-16,19-20H,4,17-18H2,1-3H3,(H,32,36)/t19-,20-/m0/s1. The minimum atomic E-state index is -4.24. The van der Waals surface area contributed by atoms with E-state index in [-0.39, 0.29) is 39.1 Å². The van der Waals surface area contributed by atoms with Crippen LogP contribution >= 0.6 is 39.1 Å². The molecule has 7 nitrogen and oxygen atoms in total. The van der Waals surface area contributed by atoms with Gasteiger partial charge in [0, 0.05) is 17.1 Å². The zero-order chi connectivity index (χ0) is 28.7. The van der Waals surface area contributed by atoms with E-state index in [2.05, 4.69) is 21.2 Å². The summed E-state index contributed by atoms with van der Waals surface area (Å²) in [6.45, 7) is 4.92. The average Bonchev–Trinajstić information content (AvgIpc) is 2.92. The number of hydrogen-bond donors (Lipinski definition) is 1. The van der Waals surface area contributed by atoms with E-state index >= 15 is 0 Å². The van der Waals surface area contributed by atoms with Crippen LogP contribution in [0.25, 0.3) is 0 Å². The number of nitrogens with zero attached hydrogens (tertiary/aromatic N) is 2. The Labute approximate surface area is 248 Å². The summed E-state index contributed by atoms with van der Waals surface area (Å²) in [6.07, 6.45) is 0.717. The number of rotatable bonds is 11. The fourth-order valence-electron chi connectivity index (χ4n) is 3.80. The van der Waals surface area contributed by atoms with Crippen LogP contribution in [0.2, 0.25) is 10.0 Å². The first-order valence-corrected chi connectivity index (χ1v) is 15.3. The molecule has 0 fully saturated rings. The van der Waals surface area contributed by atoms with Gasteiger partial charge >= 0.3 is 0 Å². The number of halogens is 3. The van der Waals surface area contributed by atoms with Crippen molar-refractivity contribution in [2.24, 2.45) is 0 Å². The average molecular weight is 655 g/mol. The van der Waals surface area contributed by atoms with Crippen LogP contribution in [-0.4, -0.2) is 43.8 Å². The molecule has 0 bridgehead atoms. The highest BCUT2D eigenvalue weighted by Crippen LogP contribution is 2.35. The Bertz CT molecular complexity index is 1420. The van der Waals surface area contributed by atoms with Gasteiger partial charge in [-0.15, -0.1) is 0 Å². The Morgan fingerprint density at radius 3 is 2.28 bits per heavy atom. The molecule has 0 saturated heterocycles. The Morgan fingerprint density at radius 2 is 1.64 bits per heavy atom. The van der Waals surface area contributed by atoms with E-state index in [0.29, 0.717) is 6.42 Å². The van der Waals surface area contributed by atoms with Gasteiger partial charge in [0.25, 0.3) is 10.0 Å². The molecule has 0 aliphatic carbocycles. The second-order valence-electron chi connectivity index (χ2n) is 9.04. The molecule has 0 aliphatic heterocycles. The molecule has 0 radical (unpaired) electrons.